The Morgan fingerprint density at radius 1 is 1.38 bits per heavy atom. The number of methoxy groups -OCH3 is 1. The van der Waals surface area contributed by atoms with Gasteiger partial charge in [-0.25, -0.2) is 4.98 Å². The molecule has 1 N–H and O–H groups in total. The van der Waals surface area contributed by atoms with E-state index in [-0.39, 0.29) is 5.91 Å². The van der Waals surface area contributed by atoms with E-state index in [2.05, 4.69) is 10.3 Å². The normalized spacial score (nSPS) is 10.6. The second-order valence-corrected chi connectivity index (χ2v) is 6.23. The van der Waals surface area contributed by atoms with E-state index in [4.69, 9.17) is 16.3 Å². The molecule has 0 fully saturated rings. The number of carbonyl (C=O) groups excluding carboxylic acids is 1. The third-order valence-corrected chi connectivity index (χ3v) is 4.31. The fourth-order valence-electron chi connectivity index (χ4n) is 1.85. The number of hydrogen-bond acceptors (Lipinski definition) is 4. The Bertz CT molecular complexity index is 611. The minimum absolute atomic E-state index is 0.0133. The number of hydrogen-bond donors (Lipinski definition) is 1. The maximum Gasteiger partial charge on any atom is 0.225 e. The number of thiazole rings is 1. The highest BCUT2D eigenvalue weighted by atomic mass is 35.5. The first-order valence-electron chi connectivity index (χ1n) is 6.53. The van der Waals surface area contributed by atoms with Crippen LogP contribution < -0.4 is 5.32 Å². The number of rotatable bonds is 6. The number of amides is 1. The van der Waals surface area contributed by atoms with Gasteiger partial charge in [0, 0.05) is 23.6 Å². The third kappa shape index (κ3) is 4.81. The molecule has 4 nitrogen and oxygen atoms in total. The van der Waals surface area contributed by atoms with Crippen molar-refractivity contribution in [1.29, 1.82) is 0 Å². The Morgan fingerprint density at radius 2 is 2.10 bits per heavy atom. The van der Waals surface area contributed by atoms with E-state index in [9.17, 15) is 4.79 Å². The number of aromatic nitrogens is 1. The summed E-state index contributed by atoms with van der Waals surface area (Å²) in [4.78, 5) is 17.3. The summed E-state index contributed by atoms with van der Waals surface area (Å²) in [7, 11) is 1.63. The van der Waals surface area contributed by atoms with Gasteiger partial charge >= 0.3 is 0 Å². The summed E-state index contributed by atoms with van der Waals surface area (Å²) >= 11 is 7.35. The molecule has 0 unspecified atom stereocenters. The lowest BCUT2D eigenvalue weighted by Crippen LogP contribution is -2.24. The molecule has 1 amide bonds. The Balaban J connectivity index is 1.88. The first kappa shape index (κ1) is 15.9. The van der Waals surface area contributed by atoms with Gasteiger partial charge in [0.25, 0.3) is 0 Å². The van der Waals surface area contributed by atoms with Crippen LogP contribution in [0.15, 0.2) is 24.3 Å². The molecule has 0 saturated carbocycles. The van der Waals surface area contributed by atoms with Crippen molar-refractivity contribution in [1.82, 2.24) is 10.3 Å². The van der Waals surface area contributed by atoms with Gasteiger partial charge in [-0.3, -0.25) is 4.79 Å². The van der Waals surface area contributed by atoms with E-state index < -0.39 is 0 Å². The lowest BCUT2D eigenvalue weighted by molar-refractivity contribution is -0.120. The highest BCUT2D eigenvalue weighted by Crippen LogP contribution is 2.19. The summed E-state index contributed by atoms with van der Waals surface area (Å²) < 4.78 is 5.05. The zero-order valence-corrected chi connectivity index (χ0v) is 13.6. The molecule has 0 aliphatic rings. The lowest BCUT2D eigenvalue weighted by Gasteiger charge is -2.05. The van der Waals surface area contributed by atoms with Crippen LogP contribution in [-0.4, -0.2) is 18.0 Å². The van der Waals surface area contributed by atoms with Crippen molar-refractivity contribution in [3.63, 3.8) is 0 Å². The van der Waals surface area contributed by atoms with Crippen LogP contribution in [0.3, 0.4) is 0 Å². The Labute approximate surface area is 133 Å². The maximum atomic E-state index is 12.0. The first-order valence-corrected chi connectivity index (χ1v) is 7.73. The SMILES string of the molecule is COCc1nc(C)c(CC(=O)NCc2ccc(Cl)cc2)s1. The van der Waals surface area contributed by atoms with Crippen LogP contribution in [0, 0.1) is 6.92 Å². The molecule has 0 spiro atoms. The van der Waals surface area contributed by atoms with Gasteiger partial charge in [0.1, 0.15) is 5.01 Å². The summed E-state index contributed by atoms with van der Waals surface area (Å²) in [5.74, 6) is -0.0133. The van der Waals surface area contributed by atoms with Gasteiger partial charge in [-0.1, -0.05) is 23.7 Å². The zero-order valence-electron chi connectivity index (χ0n) is 12.0. The van der Waals surface area contributed by atoms with E-state index in [1.807, 2.05) is 31.2 Å². The van der Waals surface area contributed by atoms with E-state index in [1.165, 1.54) is 11.3 Å². The molecule has 112 valence electrons. The molecule has 0 radical (unpaired) electrons. The molecular formula is C15H17ClN2O2S. The van der Waals surface area contributed by atoms with Gasteiger partial charge in [0.15, 0.2) is 0 Å². The van der Waals surface area contributed by atoms with Gasteiger partial charge in [-0.2, -0.15) is 0 Å². The summed E-state index contributed by atoms with van der Waals surface area (Å²) in [5.41, 5.74) is 1.92. The Kier molecular flexibility index (Phi) is 5.73. The van der Waals surface area contributed by atoms with Gasteiger partial charge < -0.3 is 10.1 Å². The van der Waals surface area contributed by atoms with Crippen molar-refractivity contribution in [2.45, 2.75) is 26.5 Å². The fraction of sp³-hybridized carbons (Fsp3) is 0.333. The number of benzene rings is 1. The van der Waals surface area contributed by atoms with E-state index >= 15 is 0 Å². The van der Waals surface area contributed by atoms with E-state index in [0.717, 1.165) is 21.1 Å². The smallest absolute Gasteiger partial charge is 0.225 e. The highest BCUT2D eigenvalue weighted by molar-refractivity contribution is 7.11. The van der Waals surface area contributed by atoms with Crippen molar-refractivity contribution in [2.75, 3.05) is 7.11 Å². The number of nitrogens with zero attached hydrogens (tertiary/aromatic N) is 1. The number of halogens is 1. The van der Waals surface area contributed by atoms with Gasteiger partial charge in [0.05, 0.1) is 18.7 Å². The van der Waals surface area contributed by atoms with Gasteiger partial charge in [-0.15, -0.1) is 11.3 Å². The van der Waals surface area contributed by atoms with Crippen LogP contribution in [0.5, 0.6) is 0 Å². The van der Waals surface area contributed by atoms with Gasteiger partial charge in [-0.05, 0) is 24.6 Å². The molecule has 1 aromatic carbocycles. The molecule has 2 rings (SSSR count). The standard InChI is InChI=1S/C15H17ClN2O2S/c1-10-13(21-15(18-10)9-20-2)7-14(19)17-8-11-3-5-12(16)6-4-11/h3-6H,7-9H2,1-2H3,(H,17,19). The van der Waals surface area contributed by atoms with Crippen LogP contribution in [0.2, 0.25) is 5.02 Å². The average molecular weight is 325 g/mol. The topological polar surface area (TPSA) is 51.2 Å². The number of aryl methyl sites for hydroxylation is 1. The molecule has 1 heterocycles. The van der Waals surface area contributed by atoms with Crippen LogP contribution >= 0.6 is 22.9 Å². The zero-order chi connectivity index (χ0) is 15.2. The highest BCUT2D eigenvalue weighted by Gasteiger charge is 2.11. The number of carbonyl (C=O) groups is 1. The molecule has 0 aliphatic heterocycles. The monoisotopic (exact) mass is 324 g/mol. The van der Waals surface area contributed by atoms with Crippen LogP contribution in [0.4, 0.5) is 0 Å². The minimum Gasteiger partial charge on any atom is -0.378 e. The Morgan fingerprint density at radius 3 is 2.76 bits per heavy atom. The van der Waals surface area contributed by atoms with Crippen molar-refractivity contribution >= 4 is 28.8 Å². The molecule has 0 saturated heterocycles. The van der Waals surface area contributed by atoms with E-state index in [0.29, 0.717) is 24.6 Å². The van der Waals surface area contributed by atoms with Crippen LogP contribution in [0.1, 0.15) is 21.1 Å². The maximum absolute atomic E-state index is 12.0. The second-order valence-electron chi connectivity index (χ2n) is 4.63. The molecule has 0 aliphatic carbocycles. The van der Waals surface area contributed by atoms with Crippen molar-refractivity contribution in [2.24, 2.45) is 0 Å². The number of nitrogens with one attached hydrogen (secondary N) is 1. The second kappa shape index (κ2) is 7.54. The van der Waals surface area contributed by atoms with Crippen molar-refractivity contribution < 1.29 is 9.53 Å². The van der Waals surface area contributed by atoms with Crippen LogP contribution in [-0.2, 0) is 29.1 Å². The fourth-order valence-corrected chi connectivity index (χ4v) is 3.02. The molecule has 6 heteroatoms. The average Bonchev–Trinajstić information content (AvgIpc) is 2.79. The molecule has 1 aromatic heterocycles. The summed E-state index contributed by atoms with van der Waals surface area (Å²) in [6.07, 6.45) is 0.348. The van der Waals surface area contributed by atoms with Gasteiger partial charge in [0.2, 0.25) is 5.91 Å². The predicted molar refractivity (Wildman–Crippen MR) is 84.6 cm³/mol. The molecule has 0 bridgehead atoms. The van der Waals surface area contributed by atoms with Crippen LogP contribution in [0.25, 0.3) is 0 Å². The largest absolute Gasteiger partial charge is 0.378 e. The molecular weight excluding hydrogens is 308 g/mol. The summed E-state index contributed by atoms with van der Waals surface area (Å²) in [6, 6.07) is 7.43. The predicted octanol–water partition coefficient (Wildman–Crippen LogP) is 3.11. The molecule has 0 atom stereocenters. The van der Waals surface area contributed by atoms with Crippen molar-refractivity contribution in [3.8, 4) is 0 Å². The summed E-state index contributed by atoms with van der Waals surface area (Å²) in [6.45, 7) is 2.90. The quantitative estimate of drug-likeness (QED) is 0.888. The summed E-state index contributed by atoms with van der Waals surface area (Å²) in [5, 5.41) is 4.49. The first-order chi connectivity index (χ1) is 10.1. The lowest BCUT2D eigenvalue weighted by atomic mass is 10.2. The molecule has 21 heavy (non-hydrogen) atoms. The van der Waals surface area contributed by atoms with E-state index in [1.54, 1.807) is 7.11 Å². The third-order valence-electron chi connectivity index (χ3n) is 2.93. The molecule has 2 aromatic rings. The number of ether oxygens (including phenoxy) is 1. The minimum atomic E-state index is -0.0133. The van der Waals surface area contributed by atoms with Crippen molar-refractivity contribution in [3.05, 3.63) is 50.4 Å². The Hall–Kier alpha value is -1.43.